The number of nitrogens with zero attached hydrogens (tertiary/aromatic N) is 2. The number of H-pyrrole nitrogens is 4. The molecule has 10 rings (SSSR count). The molecule has 0 saturated carbocycles. The SMILES string of the molecule is N=C(N)NCCC[C@H](NC(=O)[C@H](CCCNC(=N)N)NC(=O)[C@H](Cc1c[nH]c2ccccc12)NC(=O)[C@@H]1CCCN1C(=O)[C@H](Cc1c[nH]c2ccccc12)NC(=O)[C@H](Cc1c[nH]c2ccccc12)NC(=O)[C@@H]1CCCN1C(=O)[C@H](Cc1c[nH]c2ccccc12)NC(=O)[C@@H](N)CCCCN)C(N)=O. The Morgan fingerprint density at radius 1 is 0.431 bits per heavy atom. The average Bonchev–Trinajstić information content (AvgIpc) is 1.62. The third-order valence-corrected chi connectivity index (χ3v) is 19.1. The van der Waals surface area contributed by atoms with E-state index >= 15 is 24.0 Å². The number of rotatable bonds is 35. The molecule has 4 aromatic heterocycles. The number of carbonyl (C=O) groups excluding carboxylic acids is 9. The largest absolute Gasteiger partial charge is 0.370 e. The number of guanidine groups is 2. The van der Waals surface area contributed by atoms with Crippen LogP contribution in [0.25, 0.3) is 43.6 Å². The normalized spacial score (nSPS) is 16.5. The highest BCUT2D eigenvalue weighted by Crippen LogP contribution is 2.28. The van der Waals surface area contributed by atoms with Crippen molar-refractivity contribution in [2.24, 2.45) is 28.7 Å². The Morgan fingerprint density at radius 2 is 0.775 bits per heavy atom. The number of hydrogen-bond acceptors (Lipinski definition) is 13. The highest BCUT2D eigenvalue weighted by atomic mass is 16.2. The van der Waals surface area contributed by atoms with Crippen molar-refractivity contribution in [3.63, 3.8) is 0 Å². The molecule has 102 heavy (non-hydrogen) atoms. The fraction of sp³-hybridized carbons (Fsp3) is 0.403. The summed E-state index contributed by atoms with van der Waals surface area (Å²) in [6.07, 6.45) is 10.1. The summed E-state index contributed by atoms with van der Waals surface area (Å²) in [5, 5.41) is 41.0. The summed E-state index contributed by atoms with van der Waals surface area (Å²) in [5.74, 6) is -6.75. The molecule has 0 unspecified atom stereocenters. The Balaban J connectivity index is 0.923. The van der Waals surface area contributed by atoms with Crippen LogP contribution in [0.4, 0.5) is 0 Å². The maximum Gasteiger partial charge on any atom is 0.246 e. The van der Waals surface area contributed by atoms with Gasteiger partial charge in [-0.25, -0.2) is 0 Å². The zero-order valence-corrected chi connectivity index (χ0v) is 56.8. The summed E-state index contributed by atoms with van der Waals surface area (Å²) in [6.45, 7) is 1.01. The fourth-order valence-electron chi connectivity index (χ4n) is 13.8. The quantitative estimate of drug-likeness (QED) is 0.0151. The molecule has 2 saturated heterocycles. The summed E-state index contributed by atoms with van der Waals surface area (Å²) in [7, 11) is 0. The van der Waals surface area contributed by atoms with Crippen LogP contribution in [0.2, 0.25) is 0 Å². The lowest BCUT2D eigenvalue weighted by atomic mass is 10.00. The molecule has 2 fully saturated rings. The highest BCUT2D eigenvalue weighted by Gasteiger charge is 2.43. The van der Waals surface area contributed by atoms with Gasteiger partial charge in [0.2, 0.25) is 53.2 Å². The summed E-state index contributed by atoms with van der Waals surface area (Å²) in [6, 6.07) is 18.9. The minimum Gasteiger partial charge on any atom is -0.370 e. The van der Waals surface area contributed by atoms with E-state index in [0.717, 1.165) is 49.2 Å². The molecule has 24 N–H and O–H groups in total. The van der Waals surface area contributed by atoms with Gasteiger partial charge < -0.3 is 101 Å². The number of nitrogens with one attached hydrogen (secondary N) is 14. The molecular weight excluding hydrogens is 1300 g/mol. The maximum atomic E-state index is 15.7. The molecule has 9 amide bonds. The minimum absolute atomic E-state index is 0.0242. The Bertz CT molecular complexity index is 4330. The van der Waals surface area contributed by atoms with Gasteiger partial charge in [0.1, 0.15) is 48.3 Å². The van der Waals surface area contributed by atoms with Crippen molar-refractivity contribution >= 4 is 109 Å². The first-order valence-corrected chi connectivity index (χ1v) is 34.8. The van der Waals surface area contributed by atoms with Gasteiger partial charge in [-0.3, -0.25) is 54.0 Å². The summed E-state index contributed by atoms with van der Waals surface area (Å²) in [5.41, 5.74) is 34.7. The highest BCUT2D eigenvalue weighted by molar-refractivity contribution is 6.00. The third kappa shape index (κ3) is 18.6. The minimum atomic E-state index is -1.38. The number of primary amides is 1. The van der Waals surface area contributed by atoms with Crippen LogP contribution in [0.5, 0.6) is 0 Å². The molecule has 0 bridgehead atoms. The molecule has 4 aromatic carbocycles. The summed E-state index contributed by atoms with van der Waals surface area (Å²) < 4.78 is 0. The van der Waals surface area contributed by atoms with Crippen molar-refractivity contribution in [2.75, 3.05) is 32.7 Å². The molecule has 0 aliphatic carbocycles. The predicted octanol–water partition coefficient (Wildman–Crippen LogP) is 1.24. The molecule has 6 heterocycles. The topological polar surface area (TPSA) is 497 Å². The predicted molar refractivity (Wildman–Crippen MR) is 387 cm³/mol. The summed E-state index contributed by atoms with van der Waals surface area (Å²) >= 11 is 0. The monoisotopic (exact) mass is 1400 g/mol. The molecule has 2 aliphatic heterocycles. The number of nitrogens with two attached hydrogens (primary N) is 5. The Morgan fingerprint density at radius 3 is 1.16 bits per heavy atom. The lowest BCUT2D eigenvalue weighted by molar-refractivity contribution is -0.143. The van der Waals surface area contributed by atoms with Gasteiger partial charge in [0.05, 0.1) is 6.04 Å². The molecule has 0 radical (unpaired) electrons. The fourth-order valence-corrected chi connectivity index (χ4v) is 13.8. The number of likely N-dealkylation sites (tertiary alicyclic amines) is 2. The average molecular weight is 1400 g/mol. The smallest absolute Gasteiger partial charge is 0.246 e. The number of benzene rings is 4. The van der Waals surface area contributed by atoms with E-state index < -0.39 is 108 Å². The molecule has 2 aliphatic rings. The van der Waals surface area contributed by atoms with E-state index in [4.69, 9.17) is 39.5 Å². The number of aromatic nitrogens is 4. The van der Waals surface area contributed by atoms with Crippen molar-refractivity contribution in [2.45, 2.75) is 151 Å². The number of fused-ring (bicyclic) bond motifs is 4. The second kappa shape index (κ2) is 34.7. The van der Waals surface area contributed by atoms with Crippen molar-refractivity contribution in [1.82, 2.24) is 72.3 Å². The van der Waals surface area contributed by atoms with Crippen LogP contribution in [0.1, 0.15) is 92.9 Å². The number of amides is 9. The van der Waals surface area contributed by atoms with Gasteiger partial charge in [-0.2, -0.15) is 0 Å². The third-order valence-electron chi connectivity index (χ3n) is 19.1. The van der Waals surface area contributed by atoms with Gasteiger partial charge >= 0.3 is 0 Å². The van der Waals surface area contributed by atoms with Gasteiger partial charge in [-0.05, 0) is 117 Å². The van der Waals surface area contributed by atoms with Crippen LogP contribution in [0.15, 0.2) is 122 Å². The summed E-state index contributed by atoms with van der Waals surface area (Å²) in [4.78, 5) is 148. The molecule has 9 atom stereocenters. The number of para-hydroxylation sites is 4. The first kappa shape index (κ1) is 73.4. The van der Waals surface area contributed by atoms with Crippen molar-refractivity contribution in [1.29, 1.82) is 10.8 Å². The molecule has 30 heteroatoms. The van der Waals surface area contributed by atoms with Crippen molar-refractivity contribution < 1.29 is 43.2 Å². The van der Waals surface area contributed by atoms with E-state index in [-0.39, 0.29) is 102 Å². The van der Waals surface area contributed by atoms with Gasteiger partial charge in [0.25, 0.3) is 0 Å². The van der Waals surface area contributed by atoms with Crippen LogP contribution < -0.4 is 71.2 Å². The van der Waals surface area contributed by atoms with Gasteiger partial charge in [0, 0.05) is 120 Å². The van der Waals surface area contributed by atoms with Crippen molar-refractivity contribution in [3.05, 3.63) is 144 Å². The maximum absolute atomic E-state index is 15.7. The molecule has 540 valence electrons. The van der Waals surface area contributed by atoms with Crippen LogP contribution in [0.3, 0.4) is 0 Å². The van der Waals surface area contributed by atoms with E-state index in [9.17, 15) is 19.2 Å². The second-order valence-corrected chi connectivity index (χ2v) is 26.3. The number of hydrogen-bond donors (Lipinski definition) is 19. The zero-order valence-electron chi connectivity index (χ0n) is 56.8. The van der Waals surface area contributed by atoms with E-state index in [0.29, 0.717) is 55.3 Å². The standard InChI is InChI=1S/C72H93N21O9/c73-28-10-9-19-49(74)63(95)90-58(35-43-39-84-52-22-7-3-17-47(43)52)69(101)92-31-13-26-60(92)68(100)89-57(34-42-38-83-51-21-6-2-16-46(42)51)66(98)91-59(36-44-40-85-53-23-8-4-18-48(44)53)70(102)93-32-14-27-61(93)67(99)88-56(33-41-37-82-50-20-5-1-15-45(41)50)65(97)87-55(25-12-30-81-72(78)79)64(96)86-54(62(75)94)24-11-29-80-71(76)77/h1-8,15-18,20-23,37-40,49,54-61,82-85H,9-14,19,24-36,73-74H2,(H2,75,94)(H,86,96)(H,87,97)(H,88,99)(H,89,100)(H,90,95)(H,91,98)(H4,76,77,80)(H4,78,79,81)/t49-,54-,55-,56-,57-,58-,59-,60-,61-/m0/s1. The van der Waals surface area contributed by atoms with Gasteiger partial charge in [-0.15, -0.1) is 0 Å². The second-order valence-electron chi connectivity index (χ2n) is 26.3. The Labute approximate surface area is 588 Å². The van der Waals surface area contributed by atoms with E-state index in [1.54, 1.807) is 24.8 Å². The van der Waals surface area contributed by atoms with E-state index in [2.05, 4.69) is 62.5 Å². The first-order valence-electron chi connectivity index (χ1n) is 34.8. The van der Waals surface area contributed by atoms with E-state index in [1.807, 2.05) is 97.1 Å². The van der Waals surface area contributed by atoms with Crippen LogP contribution >= 0.6 is 0 Å². The Hall–Kier alpha value is -11.3. The molecule has 8 aromatic rings. The number of aromatic amines is 4. The molecule has 0 spiro atoms. The lowest BCUT2D eigenvalue weighted by Gasteiger charge is -2.32. The number of carbonyl (C=O) groups is 9. The van der Waals surface area contributed by atoms with Gasteiger partial charge in [-0.1, -0.05) is 79.2 Å². The molecular formula is C72H93N21O9. The lowest BCUT2D eigenvalue weighted by Crippen LogP contribution is -2.61. The van der Waals surface area contributed by atoms with Crippen LogP contribution in [-0.2, 0) is 68.8 Å². The van der Waals surface area contributed by atoms with Gasteiger partial charge in [0.15, 0.2) is 11.9 Å². The van der Waals surface area contributed by atoms with Crippen LogP contribution in [0, 0.1) is 10.8 Å². The first-order chi connectivity index (χ1) is 49.2. The molecule has 30 nitrogen and oxygen atoms in total. The zero-order chi connectivity index (χ0) is 72.4. The van der Waals surface area contributed by atoms with Crippen molar-refractivity contribution in [3.8, 4) is 0 Å². The Kier molecular flexibility index (Phi) is 25.0. The van der Waals surface area contributed by atoms with E-state index in [1.165, 1.54) is 9.80 Å². The number of unbranched alkanes of at least 4 members (excludes halogenated alkanes) is 1. The van der Waals surface area contributed by atoms with Crippen LogP contribution in [-0.4, -0.2) is 182 Å².